The molecule has 0 aliphatic heterocycles. The molecule has 1 rings (SSSR count). The maximum atomic E-state index is 11.5. The van der Waals surface area contributed by atoms with Gasteiger partial charge in [0.1, 0.15) is 5.75 Å². The summed E-state index contributed by atoms with van der Waals surface area (Å²) in [5, 5.41) is 1.20. The highest BCUT2D eigenvalue weighted by Gasteiger charge is 2.20. The first-order valence-corrected chi connectivity index (χ1v) is 11.3. The molecule has 1 aromatic carbocycles. The minimum atomic E-state index is -1.62. The SMILES string of the molecule is CCCCc1c(C(N)=O)ccc(O[Si](C)(C)C)c1[SiH3]. The predicted molar refractivity (Wildman–Crippen MR) is 87.1 cm³/mol. The third kappa shape index (κ3) is 4.51. The predicted octanol–water partition coefficient (Wildman–Crippen LogP) is 1.33. The van der Waals surface area contributed by atoms with Crippen LogP contribution in [0.1, 0.15) is 35.7 Å². The van der Waals surface area contributed by atoms with Crippen LogP contribution in [0.4, 0.5) is 0 Å². The number of rotatable bonds is 6. The Morgan fingerprint density at radius 3 is 2.47 bits per heavy atom. The number of hydrogen-bond donors (Lipinski definition) is 1. The lowest BCUT2D eigenvalue weighted by molar-refractivity contribution is 0.0999. The normalized spacial score (nSPS) is 11.6. The summed E-state index contributed by atoms with van der Waals surface area (Å²) < 4.78 is 6.11. The van der Waals surface area contributed by atoms with Crippen molar-refractivity contribution in [3.8, 4) is 5.75 Å². The highest BCUT2D eigenvalue weighted by atomic mass is 28.4. The second-order valence-electron chi connectivity index (χ2n) is 5.90. The molecule has 0 unspecified atom stereocenters. The Labute approximate surface area is 120 Å². The molecule has 0 aliphatic carbocycles. The molecule has 1 amide bonds. The third-order valence-electron chi connectivity index (χ3n) is 3.01. The van der Waals surface area contributed by atoms with Crippen molar-refractivity contribution in [2.45, 2.75) is 45.8 Å². The number of unbranched alkanes of at least 4 members (excludes halogenated alkanes) is 1. The van der Waals surface area contributed by atoms with E-state index in [1.807, 2.05) is 12.1 Å². The summed E-state index contributed by atoms with van der Waals surface area (Å²) in [4.78, 5) is 11.5. The second-order valence-corrected chi connectivity index (χ2v) is 11.3. The van der Waals surface area contributed by atoms with Crippen LogP contribution < -0.4 is 15.3 Å². The van der Waals surface area contributed by atoms with E-state index in [4.69, 9.17) is 10.2 Å². The van der Waals surface area contributed by atoms with Crippen molar-refractivity contribution in [2.24, 2.45) is 5.73 Å². The van der Waals surface area contributed by atoms with E-state index in [-0.39, 0.29) is 5.91 Å². The minimum Gasteiger partial charge on any atom is -0.544 e. The van der Waals surface area contributed by atoms with Gasteiger partial charge in [0.15, 0.2) is 0 Å². The van der Waals surface area contributed by atoms with Crippen LogP contribution in [-0.4, -0.2) is 24.5 Å². The van der Waals surface area contributed by atoms with Gasteiger partial charge in [-0.15, -0.1) is 0 Å². The first-order chi connectivity index (χ1) is 8.76. The monoisotopic (exact) mass is 295 g/mol. The van der Waals surface area contributed by atoms with Crippen molar-refractivity contribution >= 4 is 29.7 Å². The van der Waals surface area contributed by atoms with Gasteiger partial charge in [-0.1, -0.05) is 13.3 Å². The fourth-order valence-corrected chi connectivity index (χ4v) is 3.96. The van der Waals surface area contributed by atoms with Crippen LogP contribution in [0.2, 0.25) is 19.6 Å². The lowest BCUT2D eigenvalue weighted by atomic mass is 10.0. The quantitative estimate of drug-likeness (QED) is 0.805. The molecule has 3 nitrogen and oxygen atoms in total. The molecule has 0 atom stereocenters. The first-order valence-electron chi connectivity index (χ1n) is 6.87. The van der Waals surface area contributed by atoms with E-state index in [1.165, 1.54) is 5.19 Å². The summed E-state index contributed by atoms with van der Waals surface area (Å²) in [6, 6.07) is 3.74. The summed E-state index contributed by atoms with van der Waals surface area (Å²) >= 11 is 0. The smallest absolute Gasteiger partial charge is 0.248 e. The summed E-state index contributed by atoms with van der Waals surface area (Å²) in [6.45, 7) is 8.66. The summed E-state index contributed by atoms with van der Waals surface area (Å²) in [6.07, 6.45) is 3.10. The van der Waals surface area contributed by atoms with Crippen LogP contribution in [0.3, 0.4) is 0 Å². The average molecular weight is 296 g/mol. The Morgan fingerprint density at radius 1 is 1.37 bits per heavy atom. The van der Waals surface area contributed by atoms with Gasteiger partial charge in [0.2, 0.25) is 14.2 Å². The molecule has 2 N–H and O–H groups in total. The Morgan fingerprint density at radius 2 is 2.00 bits per heavy atom. The Bertz CT molecular complexity index is 467. The van der Waals surface area contributed by atoms with E-state index in [1.54, 1.807) is 0 Å². The topological polar surface area (TPSA) is 52.3 Å². The van der Waals surface area contributed by atoms with Crippen molar-refractivity contribution in [2.75, 3.05) is 0 Å². The largest absolute Gasteiger partial charge is 0.544 e. The molecule has 1 aromatic rings. The number of nitrogens with two attached hydrogens (primary N) is 1. The maximum absolute atomic E-state index is 11.5. The molecule has 0 aliphatic rings. The van der Waals surface area contributed by atoms with Crippen molar-refractivity contribution in [3.63, 3.8) is 0 Å². The van der Waals surface area contributed by atoms with E-state index in [2.05, 4.69) is 26.6 Å². The van der Waals surface area contributed by atoms with Gasteiger partial charge in [0, 0.05) is 15.8 Å². The maximum Gasteiger partial charge on any atom is 0.248 e. The van der Waals surface area contributed by atoms with Crippen LogP contribution in [0.5, 0.6) is 5.75 Å². The van der Waals surface area contributed by atoms with Gasteiger partial charge in [-0.2, -0.15) is 0 Å². The molecule has 106 valence electrons. The van der Waals surface area contributed by atoms with Crippen LogP contribution in [0.25, 0.3) is 0 Å². The van der Waals surface area contributed by atoms with Crippen LogP contribution >= 0.6 is 0 Å². The summed E-state index contributed by atoms with van der Waals surface area (Å²) in [7, 11) is -0.751. The number of primary amides is 1. The van der Waals surface area contributed by atoms with E-state index >= 15 is 0 Å². The Hall–Kier alpha value is -1.08. The first kappa shape index (κ1) is 16.0. The number of amides is 1. The van der Waals surface area contributed by atoms with Gasteiger partial charge in [-0.3, -0.25) is 4.79 Å². The second kappa shape index (κ2) is 6.39. The van der Waals surface area contributed by atoms with Gasteiger partial charge >= 0.3 is 0 Å². The molecule has 0 fully saturated rings. The highest BCUT2D eigenvalue weighted by molar-refractivity contribution is 6.70. The van der Waals surface area contributed by atoms with Crippen LogP contribution in [0.15, 0.2) is 12.1 Å². The molecule has 5 heteroatoms. The number of carbonyl (C=O) groups excluding carboxylic acids is 1. The van der Waals surface area contributed by atoms with Crippen LogP contribution in [-0.2, 0) is 6.42 Å². The van der Waals surface area contributed by atoms with Gasteiger partial charge in [-0.05, 0) is 55.4 Å². The average Bonchev–Trinajstić information content (AvgIpc) is 2.28. The van der Waals surface area contributed by atoms with E-state index in [9.17, 15) is 4.79 Å². The van der Waals surface area contributed by atoms with E-state index < -0.39 is 8.32 Å². The molecule has 0 aromatic heterocycles. The molecule has 0 heterocycles. The third-order valence-corrected chi connectivity index (χ3v) is 4.94. The van der Waals surface area contributed by atoms with Crippen molar-refractivity contribution in [3.05, 3.63) is 23.3 Å². The molecule has 0 saturated heterocycles. The van der Waals surface area contributed by atoms with E-state index in [0.29, 0.717) is 5.56 Å². The Balaban J connectivity index is 3.21. The summed E-state index contributed by atoms with van der Waals surface area (Å²) in [5.41, 5.74) is 7.25. The van der Waals surface area contributed by atoms with Crippen molar-refractivity contribution < 1.29 is 9.22 Å². The lowest BCUT2D eigenvalue weighted by Gasteiger charge is -2.23. The summed E-state index contributed by atoms with van der Waals surface area (Å²) in [5.74, 6) is 0.629. The zero-order valence-corrected chi connectivity index (χ0v) is 15.7. The number of carbonyl (C=O) groups is 1. The molecule has 0 saturated carbocycles. The molecular weight excluding hydrogens is 270 g/mol. The van der Waals surface area contributed by atoms with Gasteiger partial charge in [0.05, 0.1) is 0 Å². The Kier molecular flexibility index (Phi) is 5.37. The zero-order chi connectivity index (χ0) is 14.6. The highest BCUT2D eigenvalue weighted by Crippen LogP contribution is 2.19. The molecule has 0 spiro atoms. The molecule has 0 bridgehead atoms. The van der Waals surface area contributed by atoms with Crippen LogP contribution in [0, 0.1) is 0 Å². The molecular formula is C14H25NO2Si2. The van der Waals surface area contributed by atoms with Crippen molar-refractivity contribution in [1.29, 1.82) is 0 Å². The van der Waals surface area contributed by atoms with Gasteiger partial charge < -0.3 is 10.2 Å². The number of hydrogen-bond acceptors (Lipinski definition) is 2. The van der Waals surface area contributed by atoms with Crippen molar-refractivity contribution in [1.82, 2.24) is 0 Å². The van der Waals surface area contributed by atoms with Gasteiger partial charge in [0.25, 0.3) is 0 Å². The fourth-order valence-electron chi connectivity index (χ4n) is 2.08. The zero-order valence-electron chi connectivity index (χ0n) is 12.7. The number of benzene rings is 1. The van der Waals surface area contributed by atoms with Gasteiger partial charge in [-0.25, -0.2) is 0 Å². The van der Waals surface area contributed by atoms with E-state index in [0.717, 1.165) is 40.8 Å². The molecule has 0 radical (unpaired) electrons. The minimum absolute atomic E-state index is 0.331. The molecule has 19 heavy (non-hydrogen) atoms. The lowest BCUT2D eigenvalue weighted by Crippen LogP contribution is -2.33. The fraction of sp³-hybridized carbons (Fsp3) is 0.500. The standard InChI is InChI=1S/C14H25NO2Si2/c1-5-6-7-10-11(14(15)16)8-9-12(13(10)18)17-19(2,3)4/h8-9H,5-7H2,1-4,18H3,(H2,15,16).